The molecule has 0 saturated carbocycles. The lowest BCUT2D eigenvalue weighted by Gasteiger charge is -2.03. The Kier molecular flexibility index (Phi) is 2.40. The molecule has 1 aromatic rings. The van der Waals surface area contributed by atoms with Crippen LogP contribution in [-0.4, -0.2) is 4.57 Å². The van der Waals surface area contributed by atoms with Gasteiger partial charge in [-0.05, 0) is 28.4 Å². The zero-order valence-corrected chi connectivity index (χ0v) is 8.53. The van der Waals surface area contributed by atoms with Crippen LogP contribution in [0, 0.1) is 6.92 Å². The molecule has 60 valence electrons. The van der Waals surface area contributed by atoms with Crippen molar-refractivity contribution < 1.29 is 0 Å². The third-order valence-electron chi connectivity index (χ3n) is 1.50. The second kappa shape index (κ2) is 2.99. The topological polar surface area (TPSA) is 22.0 Å². The summed E-state index contributed by atoms with van der Waals surface area (Å²) < 4.78 is 1.98. The molecule has 4 heteroatoms. The maximum Gasteiger partial charge on any atom is 0.264 e. The Hall–Kier alpha value is -0.280. The summed E-state index contributed by atoms with van der Waals surface area (Å²) in [5.74, 6) is 0. The average molecular weight is 236 g/mol. The summed E-state index contributed by atoms with van der Waals surface area (Å²) in [6.07, 6.45) is 1.60. The van der Waals surface area contributed by atoms with Crippen LogP contribution in [0.2, 0.25) is 5.02 Å². The fraction of sp³-hybridized carbons (Fsp3) is 0.286. The highest BCUT2D eigenvalue weighted by atomic mass is 79.9. The summed E-state index contributed by atoms with van der Waals surface area (Å²) in [4.78, 5) is 11.2. The first kappa shape index (κ1) is 8.81. The minimum atomic E-state index is -0.0631. The van der Waals surface area contributed by atoms with E-state index in [0.717, 1.165) is 5.56 Å². The van der Waals surface area contributed by atoms with Crippen molar-refractivity contribution in [2.75, 3.05) is 0 Å². The lowest BCUT2D eigenvalue weighted by atomic mass is 10.3. The molecular weight excluding hydrogens is 229 g/mol. The van der Waals surface area contributed by atoms with Crippen LogP contribution in [0.4, 0.5) is 0 Å². The van der Waals surface area contributed by atoms with Gasteiger partial charge in [0.05, 0.1) is 9.50 Å². The lowest BCUT2D eigenvalue weighted by molar-refractivity contribution is 0.848. The second-order valence-electron chi connectivity index (χ2n) is 2.33. The fourth-order valence-corrected chi connectivity index (χ4v) is 1.59. The van der Waals surface area contributed by atoms with Crippen LogP contribution >= 0.6 is 27.5 Å². The van der Waals surface area contributed by atoms with Crippen molar-refractivity contribution in [3.05, 3.63) is 31.6 Å². The van der Waals surface area contributed by atoms with Gasteiger partial charge in [-0.1, -0.05) is 11.6 Å². The molecule has 0 spiro atoms. The first-order valence-electron chi connectivity index (χ1n) is 3.05. The highest BCUT2D eigenvalue weighted by molar-refractivity contribution is 9.10. The molecule has 0 aliphatic heterocycles. The van der Waals surface area contributed by atoms with Crippen LogP contribution in [0.15, 0.2) is 15.5 Å². The van der Waals surface area contributed by atoms with Crippen LogP contribution in [0.5, 0.6) is 0 Å². The summed E-state index contributed by atoms with van der Waals surface area (Å²) in [6, 6.07) is 0. The fourth-order valence-electron chi connectivity index (χ4n) is 0.746. The third kappa shape index (κ3) is 1.49. The van der Waals surface area contributed by atoms with Crippen molar-refractivity contribution in [3.8, 4) is 0 Å². The Balaban J connectivity index is 3.59. The standard InChI is InChI=1S/C7H7BrClNO/c1-4-5(9)3-10(2)7(11)6(4)8/h3H,1-2H3. The van der Waals surface area contributed by atoms with Gasteiger partial charge in [0.1, 0.15) is 0 Å². The summed E-state index contributed by atoms with van der Waals surface area (Å²) in [5, 5.41) is 0.596. The summed E-state index contributed by atoms with van der Waals surface area (Å²) in [7, 11) is 1.67. The van der Waals surface area contributed by atoms with E-state index >= 15 is 0 Å². The van der Waals surface area contributed by atoms with Crippen LogP contribution in [0.1, 0.15) is 5.56 Å². The zero-order valence-electron chi connectivity index (χ0n) is 6.19. The molecule has 0 amide bonds. The Bertz CT molecular complexity index is 345. The van der Waals surface area contributed by atoms with E-state index in [1.54, 1.807) is 20.2 Å². The molecule has 0 atom stereocenters. The Morgan fingerprint density at radius 1 is 1.64 bits per heavy atom. The monoisotopic (exact) mass is 235 g/mol. The van der Waals surface area contributed by atoms with E-state index in [1.807, 2.05) is 0 Å². The van der Waals surface area contributed by atoms with Crippen LogP contribution < -0.4 is 5.56 Å². The third-order valence-corrected chi connectivity index (χ3v) is 2.82. The molecule has 2 nitrogen and oxygen atoms in total. The first-order valence-corrected chi connectivity index (χ1v) is 4.22. The van der Waals surface area contributed by atoms with E-state index in [9.17, 15) is 4.79 Å². The van der Waals surface area contributed by atoms with Crippen molar-refractivity contribution in [1.29, 1.82) is 0 Å². The number of aromatic nitrogens is 1. The Labute approximate surface area is 77.9 Å². The van der Waals surface area contributed by atoms with Crippen molar-refractivity contribution in [2.24, 2.45) is 7.05 Å². The highest BCUT2D eigenvalue weighted by Crippen LogP contribution is 2.19. The Morgan fingerprint density at radius 3 is 2.73 bits per heavy atom. The van der Waals surface area contributed by atoms with E-state index in [1.165, 1.54) is 4.57 Å². The van der Waals surface area contributed by atoms with E-state index in [0.29, 0.717) is 9.50 Å². The normalized spacial score (nSPS) is 10.2. The summed E-state index contributed by atoms with van der Waals surface area (Å²) in [6.45, 7) is 1.80. The van der Waals surface area contributed by atoms with Gasteiger partial charge >= 0.3 is 0 Å². The molecule has 11 heavy (non-hydrogen) atoms. The maximum atomic E-state index is 11.2. The molecule has 0 radical (unpaired) electrons. The molecule has 1 rings (SSSR count). The quantitative estimate of drug-likeness (QED) is 0.676. The van der Waals surface area contributed by atoms with Crippen molar-refractivity contribution in [2.45, 2.75) is 6.92 Å². The van der Waals surface area contributed by atoms with Crippen LogP contribution in [0.25, 0.3) is 0 Å². The van der Waals surface area contributed by atoms with Gasteiger partial charge in [-0.2, -0.15) is 0 Å². The van der Waals surface area contributed by atoms with Gasteiger partial charge in [-0.15, -0.1) is 0 Å². The predicted molar refractivity (Wildman–Crippen MR) is 49.1 cm³/mol. The smallest absolute Gasteiger partial charge is 0.264 e. The average Bonchev–Trinajstić information content (AvgIpc) is 1.97. The molecule has 0 aliphatic carbocycles. The molecule has 0 bridgehead atoms. The van der Waals surface area contributed by atoms with Crippen LogP contribution in [-0.2, 0) is 7.05 Å². The number of hydrogen-bond donors (Lipinski definition) is 0. The Morgan fingerprint density at radius 2 is 2.18 bits per heavy atom. The van der Waals surface area contributed by atoms with Gasteiger partial charge in [0.25, 0.3) is 5.56 Å². The summed E-state index contributed by atoms with van der Waals surface area (Å²) in [5.41, 5.74) is 0.724. The molecule has 1 heterocycles. The SMILES string of the molecule is Cc1c(Cl)cn(C)c(=O)c1Br. The van der Waals surface area contributed by atoms with Crippen molar-refractivity contribution >= 4 is 27.5 Å². The van der Waals surface area contributed by atoms with E-state index in [4.69, 9.17) is 11.6 Å². The molecule has 1 aromatic heterocycles. The number of halogens is 2. The van der Waals surface area contributed by atoms with Crippen molar-refractivity contribution in [1.82, 2.24) is 4.57 Å². The number of hydrogen-bond acceptors (Lipinski definition) is 1. The maximum absolute atomic E-state index is 11.2. The largest absolute Gasteiger partial charge is 0.316 e. The minimum Gasteiger partial charge on any atom is -0.316 e. The predicted octanol–water partition coefficient (Wildman–Crippen LogP) is 2.11. The van der Waals surface area contributed by atoms with E-state index in [-0.39, 0.29) is 5.56 Å². The molecule has 0 aliphatic rings. The number of aryl methyl sites for hydroxylation is 1. The number of rotatable bonds is 0. The first-order chi connectivity index (χ1) is 5.04. The van der Waals surface area contributed by atoms with Gasteiger partial charge in [0.2, 0.25) is 0 Å². The van der Waals surface area contributed by atoms with Gasteiger partial charge < -0.3 is 4.57 Å². The number of pyridine rings is 1. The number of nitrogens with zero attached hydrogens (tertiary/aromatic N) is 1. The zero-order chi connectivity index (χ0) is 8.59. The molecule has 0 unspecified atom stereocenters. The molecule has 0 N–H and O–H groups in total. The lowest BCUT2D eigenvalue weighted by Crippen LogP contribution is -2.17. The van der Waals surface area contributed by atoms with E-state index < -0.39 is 0 Å². The highest BCUT2D eigenvalue weighted by Gasteiger charge is 2.05. The van der Waals surface area contributed by atoms with Crippen molar-refractivity contribution in [3.63, 3.8) is 0 Å². The molecule has 0 fully saturated rings. The van der Waals surface area contributed by atoms with E-state index in [2.05, 4.69) is 15.9 Å². The molecule has 0 aromatic carbocycles. The van der Waals surface area contributed by atoms with Gasteiger partial charge in [0.15, 0.2) is 0 Å². The summed E-state index contributed by atoms with van der Waals surface area (Å²) >= 11 is 8.96. The van der Waals surface area contributed by atoms with Gasteiger partial charge in [-0.3, -0.25) is 4.79 Å². The minimum absolute atomic E-state index is 0.0631. The molecule has 0 saturated heterocycles. The van der Waals surface area contributed by atoms with Gasteiger partial charge in [-0.25, -0.2) is 0 Å². The second-order valence-corrected chi connectivity index (χ2v) is 3.53. The van der Waals surface area contributed by atoms with Crippen LogP contribution in [0.3, 0.4) is 0 Å². The van der Waals surface area contributed by atoms with Gasteiger partial charge in [0, 0.05) is 13.2 Å². The molecular formula is C7H7BrClNO.